The molecule has 4 aromatic rings. The van der Waals surface area contributed by atoms with E-state index in [1.54, 1.807) is 20.4 Å². The summed E-state index contributed by atoms with van der Waals surface area (Å²) >= 11 is 0. The van der Waals surface area contributed by atoms with Gasteiger partial charge in [0.2, 0.25) is 5.88 Å². The summed E-state index contributed by atoms with van der Waals surface area (Å²) < 4.78 is 10.8. The number of hydrogen-bond acceptors (Lipinski definition) is 6. The van der Waals surface area contributed by atoms with Gasteiger partial charge < -0.3 is 19.3 Å². The fourth-order valence-corrected chi connectivity index (χ4v) is 4.31. The summed E-state index contributed by atoms with van der Waals surface area (Å²) in [6.07, 6.45) is 3.67. The van der Waals surface area contributed by atoms with Gasteiger partial charge in [-0.15, -0.1) is 0 Å². The number of methoxy groups -OCH3 is 2. The van der Waals surface area contributed by atoms with E-state index >= 15 is 0 Å². The van der Waals surface area contributed by atoms with Crippen LogP contribution < -0.4 is 9.47 Å². The minimum atomic E-state index is 0.657. The molecule has 4 rings (SSSR count). The van der Waals surface area contributed by atoms with Crippen LogP contribution >= 0.6 is 0 Å². The summed E-state index contributed by atoms with van der Waals surface area (Å²) in [5.74, 6) is 1.45. The first kappa shape index (κ1) is 23.9. The molecule has 0 N–H and O–H groups in total. The number of fused-ring (bicyclic) bond motifs is 2. The molecule has 0 aliphatic carbocycles. The molecule has 6 nitrogen and oxygen atoms in total. The second-order valence-electron chi connectivity index (χ2n) is 9.03. The van der Waals surface area contributed by atoms with Crippen molar-refractivity contribution >= 4 is 21.8 Å². The van der Waals surface area contributed by atoms with E-state index in [1.165, 1.54) is 22.1 Å². The highest BCUT2D eigenvalue weighted by Gasteiger charge is 2.12. The largest absolute Gasteiger partial charge is 0.495 e. The molecule has 2 aromatic heterocycles. The van der Waals surface area contributed by atoms with Crippen LogP contribution in [0.5, 0.6) is 11.6 Å². The number of aromatic nitrogens is 2. The van der Waals surface area contributed by atoms with Crippen LogP contribution in [0.15, 0.2) is 54.7 Å². The van der Waals surface area contributed by atoms with Gasteiger partial charge in [-0.3, -0.25) is 4.98 Å². The third-order valence-electron chi connectivity index (χ3n) is 6.27. The molecule has 2 heterocycles. The summed E-state index contributed by atoms with van der Waals surface area (Å²) in [6.45, 7) is 2.77. The summed E-state index contributed by atoms with van der Waals surface area (Å²) in [5.41, 5.74) is 5.86. The van der Waals surface area contributed by atoms with E-state index in [9.17, 15) is 0 Å². The van der Waals surface area contributed by atoms with E-state index in [2.05, 4.69) is 72.3 Å². The number of hydrogen-bond donors (Lipinski definition) is 0. The van der Waals surface area contributed by atoms with Gasteiger partial charge in [-0.2, -0.15) is 0 Å². The van der Waals surface area contributed by atoms with E-state index in [0.29, 0.717) is 5.88 Å². The van der Waals surface area contributed by atoms with Crippen LogP contribution in [0.4, 0.5) is 0 Å². The van der Waals surface area contributed by atoms with Gasteiger partial charge in [-0.05, 0) is 68.9 Å². The van der Waals surface area contributed by atoms with Gasteiger partial charge in [0, 0.05) is 36.5 Å². The Morgan fingerprint density at radius 3 is 2.35 bits per heavy atom. The topological polar surface area (TPSA) is 50.7 Å². The molecule has 2 aromatic carbocycles. The lowest BCUT2D eigenvalue weighted by molar-refractivity contribution is 0.332. The minimum Gasteiger partial charge on any atom is -0.495 e. The Hall–Kier alpha value is -3.22. The molecule has 0 amide bonds. The highest BCUT2D eigenvalue weighted by Crippen LogP contribution is 2.26. The van der Waals surface area contributed by atoms with E-state index in [0.717, 1.165) is 54.6 Å². The fourth-order valence-electron chi connectivity index (χ4n) is 4.31. The van der Waals surface area contributed by atoms with E-state index < -0.39 is 0 Å². The standard InChI is InChI=1S/C28H34N4O2/c1-31(2)15-13-21-9-10-22(24-11-12-27(34-5)30-28(21)24)19-32(3)16-14-20-7-6-8-26-25(20)17-23(33-4)18-29-26/h6-12,17-18H,13-16,19H2,1-5H3. The summed E-state index contributed by atoms with van der Waals surface area (Å²) in [6, 6.07) is 17.0. The minimum absolute atomic E-state index is 0.657. The summed E-state index contributed by atoms with van der Waals surface area (Å²) in [7, 11) is 9.72. The second kappa shape index (κ2) is 10.8. The number of nitrogens with zero attached hydrogens (tertiary/aromatic N) is 4. The smallest absolute Gasteiger partial charge is 0.213 e. The molecule has 178 valence electrons. The molecule has 0 fully saturated rings. The van der Waals surface area contributed by atoms with Crippen molar-refractivity contribution in [2.75, 3.05) is 48.5 Å². The third kappa shape index (κ3) is 5.46. The zero-order valence-electron chi connectivity index (χ0n) is 20.8. The molecule has 0 saturated carbocycles. The van der Waals surface area contributed by atoms with Gasteiger partial charge in [-0.25, -0.2) is 4.98 Å². The number of benzene rings is 2. The summed E-state index contributed by atoms with van der Waals surface area (Å²) in [5, 5.41) is 2.35. The highest BCUT2D eigenvalue weighted by atomic mass is 16.5. The second-order valence-corrected chi connectivity index (χ2v) is 9.03. The lowest BCUT2D eigenvalue weighted by Crippen LogP contribution is -2.21. The van der Waals surface area contributed by atoms with Crippen LogP contribution in [0.25, 0.3) is 21.8 Å². The summed E-state index contributed by atoms with van der Waals surface area (Å²) in [4.78, 5) is 13.9. The van der Waals surface area contributed by atoms with Gasteiger partial charge in [0.25, 0.3) is 0 Å². The van der Waals surface area contributed by atoms with Crippen LogP contribution in [-0.4, -0.2) is 68.2 Å². The normalized spacial score (nSPS) is 11.6. The predicted octanol–water partition coefficient (Wildman–Crippen LogP) is 4.58. The van der Waals surface area contributed by atoms with E-state index in [4.69, 9.17) is 14.5 Å². The number of rotatable bonds is 10. The molecule has 0 spiro atoms. The Bertz CT molecular complexity index is 1270. The molecule has 0 bridgehead atoms. The Labute approximate surface area is 202 Å². The Kier molecular flexibility index (Phi) is 7.60. The van der Waals surface area contributed by atoms with Crippen molar-refractivity contribution in [3.05, 3.63) is 71.4 Å². The van der Waals surface area contributed by atoms with Crippen LogP contribution in [0.2, 0.25) is 0 Å². The van der Waals surface area contributed by atoms with Crippen molar-refractivity contribution in [3.8, 4) is 11.6 Å². The first-order chi connectivity index (χ1) is 16.5. The van der Waals surface area contributed by atoms with E-state index in [-0.39, 0.29) is 0 Å². The molecule has 0 unspecified atom stereocenters. The maximum Gasteiger partial charge on any atom is 0.213 e. The lowest BCUT2D eigenvalue weighted by Gasteiger charge is -2.20. The number of likely N-dealkylation sites (N-methyl/N-ethyl adjacent to an activating group) is 2. The molecule has 34 heavy (non-hydrogen) atoms. The van der Waals surface area contributed by atoms with Crippen molar-refractivity contribution in [1.82, 2.24) is 19.8 Å². The Balaban J connectivity index is 1.53. The van der Waals surface area contributed by atoms with Gasteiger partial charge in [0.05, 0.1) is 31.4 Å². The van der Waals surface area contributed by atoms with Crippen LogP contribution in [0.1, 0.15) is 16.7 Å². The molecule has 6 heteroatoms. The SMILES string of the molecule is COc1cnc2cccc(CCN(C)Cc3ccc(CCN(C)C)c4nc(OC)ccc34)c2c1. The lowest BCUT2D eigenvalue weighted by atomic mass is 10.0. The molecule has 0 aliphatic heterocycles. The van der Waals surface area contributed by atoms with Crippen molar-refractivity contribution in [1.29, 1.82) is 0 Å². The van der Waals surface area contributed by atoms with Gasteiger partial charge in [0.15, 0.2) is 0 Å². The van der Waals surface area contributed by atoms with Crippen LogP contribution in [-0.2, 0) is 19.4 Å². The molecule has 0 aliphatic rings. The van der Waals surface area contributed by atoms with Crippen LogP contribution in [0.3, 0.4) is 0 Å². The van der Waals surface area contributed by atoms with Gasteiger partial charge in [0.1, 0.15) is 5.75 Å². The Morgan fingerprint density at radius 1 is 0.794 bits per heavy atom. The molecule has 0 atom stereocenters. The average molecular weight is 459 g/mol. The quantitative estimate of drug-likeness (QED) is 0.347. The maximum atomic E-state index is 5.42. The molecular formula is C28H34N4O2. The first-order valence-electron chi connectivity index (χ1n) is 11.7. The number of pyridine rings is 2. The predicted molar refractivity (Wildman–Crippen MR) is 139 cm³/mol. The van der Waals surface area contributed by atoms with Crippen molar-refractivity contribution in [2.24, 2.45) is 0 Å². The molecule has 0 radical (unpaired) electrons. The number of ether oxygens (including phenoxy) is 2. The first-order valence-corrected chi connectivity index (χ1v) is 11.7. The van der Waals surface area contributed by atoms with Gasteiger partial charge in [-0.1, -0.05) is 24.3 Å². The third-order valence-corrected chi connectivity index (χ3v) is 6.27. The van der Waals surface area contributed by atoms with Crippen molar-refractivity contribution < 1.29 is 9.47 Å². The van der Waals surface area contributed by atoms with Crippen molar-refractivity contribution in [2.45, 2.75) is 19.4 Å². The zero-order chi connectivity index (χ0) is 24.1. The van der Waals surface area contributed by atoms with E-state index in [1.807, 2.05) is 12.1 Å². The maximum absolute atomic E-state index is 5.42. The molecular weight excluding hydrogens is 424 g/mol. The van der Waals surface area contributed by atoms with Gasteiger partial charge >= 0.3 is 0 Å². The van der Waals surface area contributed by atoms with Crippen molar-refractivity contribution in [3.63, 3.8) is 0 Å². The zero-order valence-corrected chi connectivity index (χ0v) is 20.8. The monoisotopic (exact) mass is 458 g/mol. The highest BCUT2D eigenvalue weighted by molar-refractivity contribution is 5.86. The fraction of sp³-hybridized carbons (Fsp3) is 0.357. The molecule has 0 saturated heterocycles. The Morgan fingerprint density at radius 2 is 1.59 bits per heavy atom. The average Bonchev–Trinajstić information content (AvgIpc) is 2.86. The van der Waals surface area contributed by atoms with Crippen LogP contribution in [0, 0.1) is 0 Å².